The molecule has 0 N–H and O–H groups in total. The summed E-state index contributed by atoms with van der Waals surface area (Å²) in [6, 6.07) is 7.02. The van der Waals surface area contributed by atoms with Crippen LogP contribution in [0.1, 0.15) is 6.92 Å². The summed E-state index contributed by atoms with van der Waals surface area (Å²) < 4.78 is 3.13. The van der Waals surface area contributed by atoms with Crippen LogP contribution in [0.25, 0.3) is 10.8 Å². The van der Waals surface area contributed by atoms with Crippen LogP contribution in [-0.4, -0.2) is 9.36 Å². The second-order valence-corrected chi connectivity index (χ2v) is 4.43. The molecule has 3 rings (SSSR count). The Balaban J connectivity index is 2.53. The monoisotopic (exact) mass is 216 g/mol. The maximum atomic E-state index is 12.1. The minimum atomic E-state index is -0.0560. The molecular formula is C12H12N2O2. The molecule has 2 heterocycles. The van der Waals surface area contributed by atoms with Crippen molar-refractivity contribution in [3.8, 4) is 0 Å². The molecule has 0 fully saturated rings. The number of aromatic nitrogens is 2. The number of hydrogen-bond donors (Lipinski definition) is 0. The first-order chi connectivity index (χ1) is 7.68. The topological polar surface area (TPSA) is 44.0 Å². The zero-order chi connectivity index (χ0) is 11.3. The van der Waals surface area contributed by atoms with Gasteiger partial charge < -0.3 is 0 Å². The van der Waals surface area contributed by atoms with Crippen LogP contribution in [0, 0.1) is 5.92 Å². The van der Waals surface area contributed by atoms with E-state index in [1.807, 2.05) is 6.92 Å². The summed E-state index contributed by atoms with van der Waals surface area (Å²) >= 11 is 0. The van der Waals surface area contributed by atoms with Crippen LogP contribution in [0.2, 0.25) is 0 Å². The van der Waals surface area contributed by atoms with E-state index in [0.717, 1.165) is 0 Å². The van der Waals surface area contributed by atoms with Crippen LogP contribution >= 0.6 is 0 Å². The predicted octanol–water partition coefficient (Wildman–Crippen LogP) is 0.813. The Bertz CT molecular complexity index is 623. The molecule has 0 aliphatic carbocycles. The third-order valence-electron chi connectivity index (χ3n) is 3.12. The molecule has 0 unspecified atom stereocenters. The lowest BCUT2D eigenvalue weighted by atomic mass is 10.2. The van der Waals surface area contributed by atoms with E-state index in [1.165, 1.54) is 0 Å². The lowest BCUT2D eigenvalue weighted by Gasteiger charge is -2.06. The van der Waals surface area contributed by atoms with Gasteiger partial charge in [0.05, 0.1) is 10.8 Å². The molecule has 4 nitrogen and oxygen atoms in total. The van der Waals surface area contributed by atoms with Crippen molar-refractivity contribution >= 4 is 10.8 Å². The highest BCUT2D eigenvalue weighted by Gasteiger charge is 2.21. The minimum Gasteiger partial charge on any atom is -0.267 e. The summed E-state index contributed by atoms with van der Waals surface area (Å²) in [5.74, 6) is 0.349. The summed E-state index contributed by atoms with van der Waals surface area (Å²) in [5.41, 5.74) is -0.112. The standard InChI is InChI=1S/C12H12N2O2/c1-8-6-13-11(15)9-4-2-3-5-10(9)12(16)14(13)7-8/h2-5,8H,6-7H2,1H3. The van der Waals surface area contributed by atoms with E-state index in [0.29, 0.717) is 29.8 Å². The van der Waals surface area contributed by atoms with Gasteiger partial charge in [0.1, 0.15) is 0 Å². The molecule has 1 aromatic carbocycles. The van der Waals surface area contributed by atoms with E-state index < -0.39 is 0 Å². The average molecular weight is 216 g/mol. The Labute approximate surface area is 91.7 Å². The molecule has 2 aromatic rings. The zero-order valence-corrected chi connectivity index (χ0v) is 9.01. The first-order valence-electron chi connectivity index (χ1n) is 5.41. The fourth-order valence-corrected chi connectivity index (χ4v) is 2.36. The van der Waals surface area contributed by atoms with Gasteiger partial charge >= 0.3 is 0 Å². The van der Waals surface area contributed by atoms with Crippen molar-refractivity contribution in [3.63, 3.8) is 0 Å². The number of benzene rings is 1. The Kier molecular flexibility index (Phi) is 1.80. The van der Waals surface area contributed by atoms with Crippen LogP contribution in [-0.2, 0) is 13.1 Å². The van der Waals surface area contributed by atoms with Crippen LogP contribution in [0.4, 0.5) is 0 Å². The highest BCUT2D eigenvalue weighted by molar-refractivity contribution is 5.80. The molecule has 16 heavy (non-hydrogen) atoms. The molecule has 0 amide bonds. The predicted molar refractivity (Wildman–Crippen MR) is 61.6 cm³/mol. The maximum Gasteiger partial charge on any atom is 0.273 e. The molecule has 1 aliphatic rings. The number of nitrogens with zero attached hydrogens (tertiary/aromatic N) is 2. The quantitative estimate of drug-likeness (QED) is 0.654. The highest BCUT2D eigenvalue weighted by Crippen LogP contribution is 2.11. The van der Waals surface area contributed by atoms with Crippen molar-refractivity contribution in [2.24, 2.45) is 5.92 Å². The number of fused-ring (bicyclic) bond motifs is 2. The Morgan fingerprint density at radius 1 is 1.00 bits per heavy atom. The van der Waals surface area contributed by atoms with E-state index in [2.05, 4.69) is 0 Å². The van der Waals surface area contributed by atoms with Crippen LogP contribution in [0.3, 0.4) is 0 Å². The minimum absolute atomic E-state index is 0.0560. The van der Waals surface area contributed by atoms with E-state index in [1.54, 1.807) is 33.6 Å². The molecule has 82 valence electrons. The summed E-state index contributed by atoms with van der Waals surface area (Å²) in [4.78, 5) is 24.2. The molecule has 0 saturated heterocycles. The van der Waals surface area contributed by atoms with Crippen molar-refractivity contribution < 1.29 is 0 Å². The summed E-state index contributed by atoms with van der Waals surface area (Å²) in [7, 11) is 0. The van der Waals surface area contributed by atoms with Gasteiger partial charge in [0.2, 0.25) is 0 Å². The maximum absolute atomic E-state index is 12.1. The smallest absolute Gasteiger partial charge is 0.267 e. The molecule has 0 spiro atoms. The third kappa shape index (κ3) is 1.10. The third-order valence-corrected chi connectivity index (χ3v) is 3.12. The Morgan fingerprint density at radius 2 is 1.44 bits per heavy atom. The number of hydrogen-bond acceptors (Lipinski definition) is 2. The fraction of sp³-hybridized carbons (Fsp3) is 0.333. The van der Waals surface area contributed by atoms with Crippen LogP contribution in [0.15, 0.2) is 33.9 Å². The first kappa shape index (κ1) is 9.39. The van der Waals surface area contributed by atoms with Crippen molar-refractivity contribution in [1.29, 1.82) is 0 Å². The molecule has 0 bridgehead atoms. The SMILES string of the molecule is CC1Cn2c(=O)c3ccccc3c(=O)n2C1. The summed E-state index contributed by atoms with van der Waals surface area (Å²) in [5, 5.41) is 1.05. The fourth-order valence-electron chi connectivity index (χ4n) is 2.36. The summed E-state index contributed by atoms with van der Waals surface area (Å²) in [6.07, 6.45) is 0. The normalized spacial score (nSPS) is 15.6. The van der Waals surface area contributed by atoms with Gasteiger partial charge in [0.25, 0.3) is 11.1 Å². The lowest BCUT2D eigenvalue weighted by Crippen LogP contribution is -2.34. The van der Waals surface area contributed by atoms with Gasteiger partial charge in [-0.15, -0.1) is 0 Å². The van der Waals surface area contributed by atoms with E-state index >= 15 is 0 Å². The van der Waals surface area contributed by atoms with Crippen molar-refractivity contribution in [2.75, 3.05) is 0 Å². The van der Waals surface area contributed by atoms with Crippen molar-refractivity contribution in [1.82, 2.24) is 9.36 Å². The molecule has 4 heteroatoms. The second kappa shape index (κ2) is 3.07. The van der Waals surface area contributed by atoms with Gasteiger partial charge in [0.15, 0.2) is 0 Å². The molecule has 0 saturated carbocycles. The summed E-state index contributed by atoms with van der Waals surface area (Å²) in [6.45, 7) is 3.32. The molecule has 0 atom stereocenters. The van der Waals surface area contributed by atoms with Gasteiger partial charge in [-0.3, -0.25) is 9.59 Å². The van der Waals surface area contributed by atoms with Crippen molar-refractivity contribution in [3.05, 3.63) is 45.0 Å². The van der Waals surface area contributed by atoms with Gasteiger partial charge in [-0.1, -0.05) is 19.1 Å². The van der Waals surface area contributed by atoms with Crippen molar-refractivity contribution in [2.45, 2.75) is 20.0 Å². The van der Waals surface area contributed by atoms with Gasteiger partial charge in [-0.25, -0.2) is 9.36 Å². The molecular weight excluding hydrogens is 204 g/mol. The lowest BCUT2D eigenvalue weighted by molar-refractivity contribution is 0.557. The Hall–Kier alpha value is -1.84. The van der Waals surface area contributed by atoms with E-state index in [-0.39, 0.29) is 11.1 Å². The van der Waals surface area contributed by atoms with Crippen LogP contribution < -0.4 is 11.1 Å². The highest BCUT2D eigenvalue weighted by atomic mass is 16.2. The van der Waals surface area contributed by atoms with E-state index in [4.69, 9.17) is 0 Å². The zero-order valence-electron chi connectivity index (χ0n) is 9.01. The first-order valence-corrected chi connectivity index (χ1v) is 5.41. The van der Waals surface area contributed by atoms with Gasteiger partial charge in [-0.2, -0.15) is 0 Å². The molecule has 1 aromatic heterocycles. The largest absolute Gasteiger partial charge is 0.273 e. The van der Waals surface area contributed by atoms with Gasteiger partial charge in [0, 0.05) is 13.1 Å². The second-order valence-electron chi connectivity index (χ2n) is 4.43. The van der Waals surface area contributed by atoms with E-state index in [9.17, 15) is 9.59 Å². The van der Waals surface area contributed by atoms with Crippen LogP contribution in [0.5, 0.6) is 0 Å². The van der Waals surface area contributed by atoms with Gasteiger partial charge in [-0.05, 0) is 18.1 Å². The average Bonchev–Trinajstić information content (AvgIpc) is 2.68. The number of rotatable bonds is 0. The molecule has 1 aliphatic heterocycles. The Morgan fingerprint density at radius 3 is 1.88 bits per heavy atom. The molecule has 0 radical (unpaired) electrons.